The number of nitrogens with one attached hydrogen (secondary N) is 1. The summed E-state index contributed by atoms with van der Waals surface area (Å²) in [4.78, 5) is 51.7. The van der Waals surface area contributed by atoms with Crippen LogP contribution in [0, 0.1) is 0 Å². The largest absolute Gasteiger partial charge is 0.497 e. The van der Waals surface area contributed by atoms with Crippen LogP contribution in [0.3, 0.4) is 0 Å². The van der Waals surface area contributed by atoms with Gasteiger partial charge in [0.15, 0.2) is 0 Å². The zero-order valence-corrected chi connectivity index (χ0v) is 23.6. The van der Waals surface area contributed by atoms with E-state index in [1.165, 1.54) is 62.8 Å². The number of methoxy groups -OCH3 is 2. The zero-order chi connectivity index (χ0) is 31.5. The number of amides is 1. The van der Waals surface area contributed by atoms with E-state index >= 15 is 0 Å². The fourth-order valence-corrected chi connectivity index (χ4v) is 3.80. The molecule has 0 saturated heterocycles. The Morgan fingerprint density at radius 2 is 1.14 bits per heavy atom. The van der Waals surface area contributed by atoms with Crippen molar-refractivity contribution in [3.8, 4) is 11.5 Å². The molecule has 0 saturated carbocycles. The number of ether oxygens (including phenoxy) is 4. The molecule has 4 aromatic carbocycles. The molecule has 0 aliphatic heterocycles. The molecule has 0 spiro atoms. The van der Waals surface area contributed by atoms with E-state index in [1.807, 2.05) is 18.2 Å². The van der Waals surface area contributed by atoms with Gasteiger partial charge in [0, 0.05) is 5.69 Å². The van der Waals surface area contributed by atoms with E-state index in [1.54, 1.807) is 36.4 Å². The van der Waals surface area contributed by atoms with Gasteiger partial charge in [-0.3, -0.25) is 4.79 Å². The third-order valence-electron chi connectivity index (χ3n) is 6.03. The minimum absolute atomic E-state index is 0.0291. The molecule has 4 aromatic rings. The molecule has 0 bridgehead atoms. The first-order valence-corrected chi connectivity index (χ1v) is 13.1. The normalized spacial score (nSPS) is 12.0. The maximum Gasteiger partial charge on any atom is 0.349 e. The van der Waals surface area contributed by atoms with Gasteiger partial charge in [0.05, 0.1) is 36.7 Å². The Balaban J connectivity index is 1.58. The molecule has 0 heterocycles. The van der Waals surface area contributed by atoms with Crippen molar-refractivity contribution in [2.24, 2.45) is 10.2 Å². The SMILES string of the molecule is COc1cccc(C(=O)O[C@H](C(=O)O)[C@@H](OC(=O)c2cccc(OC)c2)C(=O)Nc2ccc(N=Nc3ccccc3)cc2)c1. The molecular formula is C32H27N3O9. The molecule has 0 aliphatic carbocycles. The van der Waals surface area contributed by atoms with Crippen molar-refractivity contribution in [3.05, 3.63) is 114 Å². The number of hydrogen-bond donors (Lipinski definition) is 2. The number of hydrogen-bond acceptors (Lipinski definition) is 10. The van der Waals surface area contributed by atoms with Crippen molar-refractivity contribution < 1.29 is 43.2 Å². The monoisotopic (exact) mass is 597 g/mol. The van der Waals surface area contributed by atoms with E-state index in [4.69, 9.17) is 18.9 Å². The molecule has 44 heavy (non-hydrogen) atoms. The topological polar surface area (TPSA) is 162 Å². The first kappa shape index (κ1) is 30.9. The third kappa shape index (κ3) is 8.26. The summed E-state index contributed by atoms with van der Waals surface area (Å²) >= 11 is 0. The number of nitrogens with zero attached hydrogens (tertiary/aromatic N) is 2. The van der Waals surface area contributed by atoms with Crippen molar-refractivity contribution in [1.82, 2.24) is 0 Å². The second-order valence-corrected chi connectivity index (χ2v) is 9.03. The van der Waals surface area contributed by atoms with Gasteiger partial charge in [-0.05, 0) is 72.8 Å². The number of carbonyl (C=O) groups excluding carboxylic acids is 3. The minimum atomic E-state index is -2.22. The quantitative estimate of drug-likeness (QED) is 0.156. The summed E-state index contributed by atoms with van der Waals surface area (Å²) < 4.78 is 20.8. The summed E-state index contributed by atoms with van der Waals surface area (Å²) in [6.07, 6.45) is -4.32. The Morgan fingerprint density at radius 1 is 0.636 bits per heavy atom. The average molecular weight is 598 g/mol. The van der Waals surface area contributed by atoms with E-state index in [0.717, 1.165) is 0 Å². The van der Waals surface area contributed by atoms with Crippen LogP contribution in [0.2, 0.25) is 0 Å². The van der Waals surface area contributed by atoms with Crippen LogP contribution in [-0.4, -0.2) is 55.3 Å². The fraction of sp³-hybridized carbons (Fsp3) is 0.125. The van der Waals surface area contributed by atoms with Crippen molar-refractivity contribution in [2.45, 2.75) is 12.2 Å². The summed E-state index contributed by atoms with van der Waals surface area (Å²) in [5, 5.41) is 20.8. The van der Waals surface area contributed by atoms with Crippen molar-refractivity contribution in [2.75, 3.05) is 19.5 Å². The van der Waals surface area contributed by atoms with Gasteiger partial charge in [0.2, 0.25) is 12.2 Å². The molecule has 0 fully saturated rings. The predicted molar refractivity (Wildman–Crippen MR) is 158 cm³/mol. The van der Waals surface area contributed by atoms with Crippen LogP contribution in [0.4, 0.5) is 17.1 Å². The van der Waals surface area contributed by atoms with Gasteiger partial charge in [-0.15, -0.1) is 0 Å². The Bertz CT molecular complexity index is 1660. The molecule has 12 nitrogen and oxygen atoms in total. The van der Waals surface area contributed by atoms with E-state index in [2.05, 4.69) is 15.5 Å². The van der Waals surface area contributed by atoms with E-state index in [-0.39, 0.29) is 16.8 Å². The highest BCUT2D eigenvalue weighted by molar-refractivity contribution is 6.01. The maximum atomic E-state index is 13.4. The van der Waals surface area contributed by atoms with Gasteiger partial charge in [-0.1, -0.05) is 30.3 Å². The maximum absolute atomic E-state index is 13.4. The number of carboxylic acids is 1. The molecule has 2 atom stereocenters. The van der Waals surface area contributed by atoms with Gasteiger partial charge < -0.3 is 29.4 Å². The highest BCUT2D eigenvalue weighted by atomic mass is 16.6. The van der Waals surface area contributed by atoms with Gasteiger partial charge in [-0.25, -0.2) is 14.4 Å². The standard InChI is InChI=1S/C32H27N3O9/c1-41-25-12-6-8-20(18-25)31(39)43-27(28(30(37)38)44-32(40)21-9-7-13-26(19-21)42-2)29(36)33-22-14-16-24(17-15-22)35-34-23-10-4-3-5-11-23/h3-19,27-28H,1-2H3,(H,33,36)(H,37,38)/t27-,28+/m1/s1. The lowest BCUT2D eigenvalue weighted by atomic mass is 10.1. The average Bonchev–Trinajstić information content (AvgIpc) is 3.06. The van der Waals surface area contributed by atoms with Crippen LogP contribution >= 0.6 is 0 Å². The Hall–Kier alpha value is -6.04. The summed E-state index contributed by atoms with van der Waals surface area (Å²) in [6.45, 7) is 0. The van der Waals surface area contributed by atoms with Crippen LogP contribution < -0.4 is 14.8 Å². The van der Waals surface area contributed by atoms with Crippen LogP contribution in [0.25, 0.3) is 0 Å². The number of anilines is 1. The Labute approximate surface area is 251 Å². The number of rotatable bonds is 12. The molecule has 0 unspecified atom stereocenters. The van der Waals surface area contributed by atoms with Crippen molar-refractivity contribution in [3.63, 3.8) is 0 Å². The van der Waals surface area contributed by atoms with Gasteiger partial charge in [0.1, 0.15) is 11.5 Å². The van der Waals surface area contributed by atoms with Gasteiger partial charge >= 0.3 is 17.9 Å². The zero-order valence-electron chi connectivity index (χ0n) is 23.6. The summed E-state index contributed by atoms with van der Waals surface area (Å²) in [7, 11) is 2.79. The van der Waals surface area contributed by atoms with Crippen molar-refractivity contribution >= 4 is 40.9 Å². The Kier molecular flexibility index (Phi) is 10.3. The molecule has 0 aromatic heterocycles. The van der Waals surface area contributed by atoms with E-state index in [0.29, 0.717) is 22.9 Å². The number of aliphatic carboxylic acids is 1. The minimum Gasteiger partial charge on any atom is -0.497 e. The Morgan fingerprint density at radius 3 is 1.64 bits per heavy atom. The van der Waals surface area contributed by atoms with Crippen LogP contribution in [-0.2, 0) is 19.1 Å². The van der Waals surface area contributed by atoms with Gasteiger partial charge in [0.25, 0.3) is 5.91 Å². The summed E-state index contributed by atoms with van der Waals surface area (Å²) in [5.74, 6) is -4.28. The highest BCUT2D eigenvalue weighted by Crippen LogP contribution is 2.22. The third-order valence-corrected chi connectivity index (χ3v) is 6.03. The van der Waals surface area contributed by atoms with E-state index in [9.17, 15) is 24.3 Å². The smallest absolute Gasteiger partial charge is 0.349 e. The molecule has 4 rings (SSSR count). The first-order chi connectivity index (χ1) is 21.3. The number of benzene rings is 4. The fourth-order valence-electron chi connectivity index (χ4n) is 3.80. The molecule has 0 radical (unpaired) electrons. The second kappa shape index (κ2) is 14.7. The molecule has 2 N–H and O–H groups in total. The van der Waals surface area contributed by atoms with Crippen LogP contribution in [0.1, 0.15) is 20.7 Å². The second-order valence-electron chi connectivity index (χ2n) is 9.03. The van der Waals surface area contributed by atoms with Gasteiger partial charge in [-0.2, -0.15) is 10.2 Å². The lowest BCUT2D eigenvalue weighted by Gasteiger charge is -2.23. The number of azo groups is 1. The molecular weight excluding hydrogens is 570 g/mol. The summed E-state index contributed by atoms with van der Waals surface area (Å²) in [5.41, 5.74) is 1.27. The van der Waals surface area contributed by atoms with Crippen molar-refractivity contribution in [1.29, 1.82) is 0 Å². The summed E-state index contributed by atoms with van der Waals surface area (Å²) in [6, 6.07) is 26.8. The lowest BCUT2D eigenvalue weighted by Crippen LogP contribution is -2.48. The lowest BCUT2D eigenvalue weighted by molar-refractivity contribution is -0.157. The molecule has 224 valence electrons. The molecule has 1 amide bonds. The highest BCUT2D eigenvalue weighted by Gasteiger charge is 2.41. The molecule has 12 heteroatoms. The number of carbonyl (C=O) groups is 4. The predicted octanol–water partition coefficient (Wildman–Crippen LogP) is 5.59. The molecule has 0 aliphatic rings. The van der Waals surface area contributed by atoms with E-state index < -0.39 is 36.0 Å². The van der Waals surface area contributed by atoms with Crippen LogP contribution in [0.15, 0.2) is 113 Å². The van der Waals surface area contributed by atoms with Crippen LogP contribution in [0.5, 0.6) is 11.5 Å². The number of carboxylic acid groups (broad SMARTS) is 1. The number of esters is 2. The first-order valence-electron chi connectivity index (χ1n) is 13.1.